The molecule has 0 bridgehead atoms. The lowest BCUT2D eigenvalue weighted by Crippen LogP contribution is -2.28. The molecule has 0 rings (SSSR count). The molecule has 8 heavy (non-hydrogen) atoms. The Bertz CT molecular complexity index is 84.1. The predicted octanol–water partition coefficient (Wildman–Crippen LogP) is 0.388. The van der Waals surface area contributed by atoms with Crippen LogP contribution < -0.4 is 5.32 Å². The summed E-state index contributed by atoms with van der Waals surface area (Å²) in [5, 5.41) is 1.96. The van der Waals surface area contributed by atoms with Crippen LogP contribution in [0.4, 0.5) is 8.78 Å². The molecule has 2 nitrogen and oxygen atoms in total. The van der Waals surface area contributed by atoms with Crippen LogP contribution in [0.25, 0.3) is 0 Å². The van der Waals surface area contributed by atoms with Gasteiger partial charge in [0.1, 0.15) is 0 Å². The monoisotopic (exact) mass is 123 g/mol. The second-order valence-electron chi connectivity index (χ2n) is 1.20. The van der Waals surface area contributed by atoms with Gasteiger partial charge in [0.25, 0.3) is 5.91 Å². The van der Waals surface area contributed by atoms with E-state index in [4.69, 9.17) is 0 Å². The van der Waals surface area contributed by atoms with E-state index in [0.29, 0.717) is 0 Å². The first-order valence-electron chi connectivity index (χ1n) is 2.24. The molecule has 0 fully saturated rings. The molecule has 4 heteroatoms. The van der Waals surface area contributed by atoms with Crippen molar-refractivity contribution < 1.29 is 13.6 Å². The maximum Gasteiger partial charge on any atom is 0.315 e. The van der Waals surface area contributed by atoms with E-state index in [1.165, 1.54) is 0 Å². The zero-order valence-corrected chi connectivity index (χ0v) is 4.45. The van der Waals surface area contributed by atoms with Crippen molar-refractivity contribution in [1.82, 2.24) is 5.32 Å². The van der Waals surface area contributed by atoms with Gasteiger partial charge in [-0.1, -0.05) is 0 Å². The Morgan fingerprint density at radius 1 is 1.75 bits per heavy atom. The third-order valence-electron chi connectivity index (χ3n) is 0.549. The van der Waals surface area contributed by atoms with Crippen molar-refractivity contribution in [3.05, 3.63) is 0 Å². The van der Waals surface area contributed by atoms with E-state index in [2.05, 4.69) is 0 Å². The summed E-state index contributed by atoms with van der Waals surface area (Å²) in [5.74, 6) is -1.20. The summed E-state index contributed by atoms with van der Waals surface area (Å²) in [6, 6.07) is 0. The topological polar surface area (TPSA) is 29.1 Å². The minimum atomic E-state index is -2.88. The molecule has 0 aliphatic rings. The van der Waals surface area contributed by atoms with Gasteiger partial charge in [-0.15, -0.1) is 0 Å². The van der Waals surface area contributed by atoms with Crippen LogP contribution in [-0.4, -0.2) is 18.9 Å². The molecule has 0 spiro atoms. The van der Waals surface area contributed by atoms with Crippen LogP contribution in [0.1, 0.15) is 6.92 Å². The Labute approximate surface area is 45.9 Å². The molecule has 0 atom stereocenters. The largest absolute Gasteiger partial charge is 0.351 e. The first kappa shape index (κ1) is 7.33. The van der Waals surface area contributed by atoms with E-state index >= 15 is 0 Å². The zero-order valence-electron chi connectivity index (χ0n) is 4.45. The summed E-state index contributed by atoms with van der Waals surface area (Å²) < 4.78 is 22.4. The number of hydrogen-bond donors (Lipinski definition) is 1. The minimum absolute atomic E-state index is 0.253. The van der Waals surface area contributed by atoms with Crippen LogP contribution in [0.3, 0.4) is 0 Å². The lowest BCUT2D eigenvalue weighted by molar-refractivity contribution is -0.131. The molecule has 1 N–H and O–H groups in total. The van der Waals surface area contributed by atoms with Crippen LogP contribution in [0, 0.1) is 0 Å². The van der Waals surface area contributed by atoms with Gasteiger partial charge in [0.05, 0.1) is 0 Å². The highest BCUT2D eigenvalue weighted by Gasteiger charge is 2.11. The highest BCUT2D eigenvalue weighted by molar-refractivity contribution is 5.78. The average Bonchev–Trinajstić information content (AvgIpc) is 1.67. The van der Waals surface area contributed by atoms with Gasteiger partial charge in [0, 0.05) is 6.54 Å². The second-order valence-corrected chi connectivity index (χ2v) is 1.20. The summed E-state index contributed by atoms with van der Waals surface area (Å²) in [6.45, 7) is 1.84. The van der Waals surface area contributed by atoms with Gasteiger partial charge in [-0.25, -0.2) is 0 Å². The number of amides is 1. The van der Waals surface area contributed by atoms with E-state index in [1.807, 2.05) is 5.32 Å². The molecule has 0 saturated carbocycles. The van der Waals surface area contributed by atoms with Gasteiger partial charge < -0.3 is 5.32 Å². The van der Waals surface area contributed by atoms with Crippen LogP contribution in [0.2, 0.25) is 0 Å². The molecule has 48 valence electrons. The van der Waals surface area contributed by atoms with Crippen molar-refractivity contribution in [2.45, 2.75) is 13.3 Å². The molecule has 0 unspecified atom stereocenters. The number of rotatable bonds is 2. The smallest absolute Gasteiger partial charge is 0.315 e. The SMILES string of the molecule is CCNC(=O)C(F)F. The van der Waals surface area contributed by atoms with E-state index in [-0.39, 0.29) is 6.54 Å². The molecule has 0 heterocycles. The second kappa shape index (κ2) is 3.35. The van der Waals surface area contributed by atoms with E-state index < -0.39 is 12.3 Å². The van der Waals surface area contributed by atoms with Gasteiger partial charge in [0.15, 0.2) is 0 Å². The van der Waals surface area contributed by atoms with Crippen LogP contribution in [0.15, 0.2) is 0 Å². The zero-order chi connectivity index (χ0) is 6.57. The Balaban J connectivity index is 3.33. The van der Waals surface area contributed by atoms with Crippen molar-refractivity contribution >= 4 is 5.91 Å². The molecular weight excluding hydrogens is 116 g/mol. The number of nitrogens with one attached hydrogen (secondary N) is 1. The van der Waals surface area contributed by atoms with E-state index in [9.17, 15) is 13.6 Å². The van der Waals surface area contributed by atoms with E-state index in [0.717, 1.165) is 0 Å². The lowest BCUT2D eigenvalue weighted by Gasteiger charge is -1.96. The van der Waals surface area contributed by atoms with Crippen LogP contribution in [-0.2, 0) is 4.79 Å². The van der Waals surface area contributed by atoms with Crippen LogP contribution >= 0.6 is 0 Å². The molecule has 0 aliphatic heterocycles. The fourth-order valence-corrected chi connectivity index (χ4v) is 0.251. The standard InChI is InChI=1S/C4H7F2NO/c1-2-7-4(8)3(5)6/h3H,2H2,1H3,(H,7,8). The summed E-state index contributed by atoms with van der Waals surface area (Å²) in [7, 11) is 0. The lowest BCUT2D eigenvalue weighted by atomic mass is 10.6. The first-order valence-corrected chi connectivity index (χ1v) is 2.24. The van der Waals surface area contributed by atoms with Gasteiger partial charge >= 0.3 is 6.43 Å². The maximum absolute atomic E-state index is 11.2. The number of halogens is 2. The Hall–Kier alpha value is -0.670. The Morgan fingerprint density at radius 2 is 2.25 bits per heavy atom. The third-order valence-corrected chi connectivity index (χ3v) is 0.549. The fraction of sp³-hybridized carbons (Fsp3) is 0.750. The molecule has 0 aromatic heterocycles. The quantitative estimate of drug-likeness (QED) is 0.565. The van der Waals surface area contributed by atoms with Gasteiger partial charge in [-0.2, -0.15) is 8.78 Å². The highest BCUT2D eigenvalue weighted by Crippen LogP contribution is 1.88. The van der Waals surface area contributed by atoms with Crippen molar-refractivity contribution in [2.24, 2.45) is 0 Å². The molecular formula is C4H7F2NO. The number of carbonyl (C=O) groups is 1. The summed E-state index contributed by atoms with van der Waals surface area (Å²) in [5.41, 5.74) is 0. The van der Waals surface area contributed by atoms with Gasteiger partial charge in [-0.05, 0) is 6.92 Å². The highest BCUT2D eigenvalue weighted by atomic mass is 19.3. The Kier molecular flexibility index (Phi) is 3.07. The summed E-state index contributed by atoms with van der Waals surface area (Å²) in [6.07, 6.45) is -2.88. The average molecular weight is 123 g/mol. The van der Waals surface area contributed by atoms with Gasteiger partial charge in [0.2, 0.25) is 0 Å². The van der Waals surface area contributed by atoms with Gasteiger partial charge in [-0.3, -0.25) is 4.79 Å². The van der Waals surface area contributed by atoms with Crippen molar-refractivity contribution in [3.63, 3.8) is 0 Å². The minimum Gasteiger partial charge on any atom is -0.351 e. The molecule has 0 radical (unpaired) electrons. The fourth-order valence-electron chi connectivity index (χ4n) is 0.251. The predicted molar refractivity (Wildman–Crippen MR) is 24.7 cm³/mol. The van der Waals surface area contributed by atoms with E-state index in [1.54, 1.807) is 6.92 Å². The number of alkyl halides is 2. The molecule has 0 aromatic carbocycles. The first-order chi connectivity index (χ1) is 3.68. The molecule has 0 aromatic rings. The molecule has 0 aliphatic carbocycles. The molecule has 1 amide bonds. The number of hydrogen-bond acceptors (Lipinski definition) is 1. The third kappa shape index (κ3) is 2.49. The van der Waals surface area contributed by atoms with Crippen molar-refractivity contribution in [1.29, 1.82) is 0 Å². The molecule has 0 saturated heterocycles. The van der Waals surface area contributed by atoms with Crippen molar-refractivity contribution in [2.75, 3.05) is 6.54 Å². The normalized spacial score (nSPS) is 9.50. The summed E-state index contributed by atoms with van der Waals surface area (Å²) in [4.78, 5) is 9.88. The van der Waals surface area contributed by atoms with Crippen LogP contribution in [0.5, 0.6) is 0 Å². The Morgan fingerprint density at radius 3 is 2.38 bits per heavy atom. The van der Waals surface area contributed by atoms with Crippen molar-refractivity contribution in [3.8, 4) is 0 Å². The maximum atomic E-state index is 11.2. The summed E-state index contributed by atoms with van der Waals surface area (Å²) >= 11 is 0. The number of carbonyl (C=O) groups excluding carboxylic acids is 1.